The van der Waals surface area contributed by atoms with Crippen molar-refractivity contribution >= 4 is 5.91 Å². The number of rotatable bonds is 6. The predicted octanol–water partition coefficient (Wildman–Crippen LogP) is 1.56. The highest BCUT2D eigenvalue weighted by atomic mass is 16.3. The fourth-order valence-electron chi connectivity index (χ4n) is 2.79. The number of nitrogens with zero attached hydrogens (tertiary/aromatic N) is 2. The first kappa shape index (κ1) is 16.0. The number of carbonyl (C=O) groups is 1. The average molecular weight is 293 g/mol. The van der Waals surface area contributed by atoms with Crippen LogP contribution in [0.15, 0.2) is 22.8 Å². The normalized spacial score (nSPS) is 22.5. The molecule has 1 aliphatic rings. The second-order valence-corrected chi connectivity index (χ2v) is 6.22. The Labute approximate surface area is 127 Å². The van der Waals surface area contributed by atoms with Gasteiger partial charge in [-0.25, -0.2) is 0 Å². The van der Waals surface area contributed by atoms with E-state index in [1.807, 2.05) is 31.1 Å². The Kier molecular flexibility index (Phi) is 5.82. The van der Waals surface area contributed by atoms with Crippen LogP contribution in [-0.2, 0) is 11.3 Å². The quantitative estimate of drug-likeness (QED) is 0.865. The second-order valence-electron chi connectivity index (χ2n) is 6.22. The summed E-state index contributed by atoms with van der Waals surface area (Å²) in [5.41, 5.74) is 0. The first-order valence-electron chi connectivity index (χ1n) is 7.75. The van der Waals surface area contributed by atoms with Crippen LogP contribution in [0.4, 0.5) is 0 Å². The molecule has 0 saturated carbocycles. The monoisotopic (exact) mass is 293 g/mol. The lowest BCUT2D eigenvalue weighted by atomic mass is 9.92. The van der Waals surface area contributed by atoms with E-state index in [1.54, 1.807) is 6.26 Å². The van der Waals surface area contributed by atoms with Gasteiger partial charge in [-0.3, -0.25) is 4.79 Å². The maximum Gasteiger partial charge on any atom is 0.226 e. The number of nitrogens with one attached hydrogen (secondary N) is 1. The summed E-state index contributed by atoms with van der Waals surface area (Å²) in [6.45, 7) is 5.26. The highest BCUT2D eigenvalue weighted by molar-refractivity contribution is 5.79. The third kappa shape index (κ3) is 4.86. The molecule has 0 spiro atoms. The molecule has 1 aromatic rings. The van der Waals surface area contributed by atoms with Gasteiger partial charge in [-0.05, 0) is 52.5 Å². The van der Waals surface area contributed by atoms with Crippen LogP contribution in [0.5, 0.6) is 0 Å². The largest absolute Gasteiger partial charge is 0.467 e. The van der Waals surface area contributed by atoms with Gasteiger partial charge >= 0.3 is 0 Å². The number of carbonyl (C=O) groups excluding carboxylic acids is 1. The number of hydrogen-bond donors (Lipinski definition) is 1. The van der Waals surface area contributed by atoms with Crippen LogP contribution in [0.1, 0.15) is 25.5 Å². The molecule has 0 unspecified atom stereocenters. The Balaban J connectivity index is 2.00. The molecule has 1 N–H and O–H groups in total. The van der Waals surface area contributed by atoms with Crippen molar-refractivity contribution in [3.63, 3.8) is 0 Å². The minimum Gasteiger partial charge on any atom is -0.467 e. The number of likely N-dealkylation sites (N-methyl/N-ethyl adjacent to an activating group) is 1. The van der Waals surface area contributed by atoms with Gasteiger partial charge < -0.3 is 19.5 Å². The van der Waals surface area contributed by atoms with E-state index in [4.69, 9.17) is 4.42 Å². The summed E-state index contributed by atoms with van der Waals surface area (Å²) in [4.78, 5) is 16.9. The molecule has 21 heavy (non-hydrogen) atoms. The van der Waals surface area contributed by atoms with Crippen molar-refractivity contribution in [3.8, 4) is 0 Å². The zero-order valence-electron chi connectivity index (χ0n) is 13.3. The lowest BCUT2D eigenvalue weighted by molar-refractivity contribution is -0.137. The summed E-state index contributed by atoms with van der Waals surface area (Å²) < 4.78 is 5.41. The fraction of sp³-hybridized carbons (Fsp3) is 0.688. The Morgan fingerprint density at radius 1 is 1.43 bits per heavy atom. The Bertz CT molecular complexity index is 431. The highest BCUT2D eigenvalue weighted by Gasteiger charge is 2.28. The zero-order valence-corrected chi connectivity index (χ0v) is 13.3. The van der Waals surface area contributed by atoms with Crippen LogP contribution in [-0.4, -0.2) is 55.5 Å². The van der Waals surface area contributed by atoms with Gasteiger partial charge in [0.15, 0.2) is 0 Å². The summed E-state index contributed by atoms with van der Waals surface area (Å²) in [5.74, 6) is 1.25. The molecule has 1 saturated heterocycles. The van der Waals surface area contributed by atoms with Gasteiger partial charge in [-0.2, -0.15) is 0 Å². The topological polar surface area (TPSA) is 48.7 Å². The summed E-state index contributed by atoms with van der Waals surface area (Å²) in [6.07, 6.45) is 3.52. The lowest BCUT2D eigenvalue weighted by Crippen LogP contribution is -2.45. The van der Waals surface area contributed by atoms with Crippen LogP contribution < -0.4 is 5.32 Å². The number of hydrogen-bond acceptors (Lipinski definition) is 4. The minimum atomic E-state index is 0.137. The molecule has 1 aliphatic heterocycles. The second kappa shape index (κ2) is 7.61. The molecule has 118 valence electrons. The van der Waals surface area contributed by atoms with E-state index in [1.165, 1.54) is 0 Å². The molecule has 1 fully saturated rings. The molecule has 2 atom stereocenters. The number of amides is 1. The molecule has 0 aliphatic carbocycles. The first-order chi connectivity index (χ1) is 10.1. The van der Waals surface area contributed by atoms with E-state index in [0.717, 1.165) is 38.2 Å². The first-order valence-corrected chi connectivity index (χ1v) is 7.75. The highest BCUT2D eigenvalue weighted by Crippen LogP contribution is 2.20. The third-order valence-corrected chi connectivity index (χ3v) is 4.03. The molecule has 2 heterocycles. The van der Waals surface area contributed by atoms with E-state index in [2.05, 4.69) is 17.1 Å². The van der Waals surface area contributed by atoms with E-state index < -0.39 is 0 Å². The van der Waals surface area contributed by atoms with Crippen LogP contribution in [0, 0.1) is 5.92 Å². The molecule has 0 radical (unpaired) electrons. The molecule has 5 nitrogen and oxygen atoms in total. The SMILES string of the molecule is C[C@H]1C[C@@H](C(=O)N(CCN(C)C)Cc2ccco2)CCN1. The van der Waals surface area contributed by atoms with Crippen molar-refractivity contribution in [2.45, 2.75) is 32.4 Å². The third-order valence-electron chi connectivity index (χ3n) is 4.03. The standard InChI is InChI=1S/C16H27N3O2/c1-13-11-14(6-7-17-13)16(20)19(9-8-18(2)3)12-15-5-4-10-21-15/h4-5,10,13-14,17H,6-9,11-12H2,1-3H3/t13-,14-/m0/s1. The van der Waals surface area contributed by atoms with Crippen molar-refractivity contribution in [1.82, 2.24) is 15.1 Å². The van der Waals surface area contributed by atoms with Gasteiger partial charge in [0.25, 0.3) is 0 Å². The van der Waals surface area contributed by atoms with Crippen molar-refractivity contribution < 1.29 is 9.21 Å². The fourth-order valence-corrected chi connectivity index (χ4v) is 2.79. The molecular weight excluding hydrogens is 266 g/mol. The predicted molar refractivity (Wildman–Crippen MR) is 82.9 cm³/mol. The maximum absolute atomic E-state index is 12.8. The summed E-state index contributed by atoms with van der Waals surface area (Å²) in [5, 5.41) is 3.40. The Hall–Kier alpha value is -1.33. The molecule has 0 bridgehead atoms. The van der Waals surface area contributed by atoms with Crippen LogP contribution >= 0.6 is 0 Å². The van der Waals surface area contributed by atoms with Crippen molar-refractivity contribution in [3.05, 3.63) is 24.2 Å². The number of piperidine rings is 1. The summed E-state index contributed by atoms with van der Waals surface area (Å²) in [7, 11) is 4.06. The number of furan rings is 1. The van der Waals surface area contributed by atoms with E-state index in [9.17, 15) is 4.79 Å². The lowest BCUT2D eigenvalue weighted by Gasteiger charge is -2.32. The molecule has 1 aromatic heterocycles. The smallest absolute Gasteiger partial charge is 0.226 e. The summed E-state index contributed by atoms with van der Waals surface area (Å²) in [6, 6.07) is 4.23. The van der Waals surface area contributed by atoms with Gasteiger partial charge in [-0.1, -0.05) is 0 Å². The maximum atomic E-state index is 12.8. The van der Waals surface area contributed by atoms with Crippen LogP contribution in [0.25, 0.3) is 0 Å². The molecular formula is C16H27N3O2. The molecule has 0 aromatic carbocycles. The van der Waals surface area contributed by atoms with Crippen molar-refractivity contribution in [2.24, 2.45) is 5.92 Å². The molecule has 1 amide bonds. The molecule has 5 heteroatoms. The van der Waals surface area contributed by atoms with Gasteiger partial charge in [0, 0.05) is 25.0 Å². The van der Waals surface area contributed by atoms with Gasteiger partial charge in [0.2, 0.25) is 5.91 Å². The Morgan fingerprint density at radius 2 is 2.24 bits per heavy atom. The minimum absolute atomic E-state index is 0.137. The van der Waals surface area contributed by atoms with Gasteiger partial charge in [-0.15, -0.1) is 0 Å². The van der Waals surface area contributed by atoms with Crippen molar-refractivity contribution in [2.75, 3.05) is 33.7 Å². The van der Waals surface area contributed by atoms with E-state index in [0.29, 0.717) is 12.6 Å². The van der Waals surface area contributed by atoms with E-state index in [-0.39, 0.29) is 11.8 Å². The van der Waals surface area contributed by atoms with Crippen molar-refractivity contribution in [1.29, 1.82) is 0 Å². The average Bonchev–Trinajstić information content (AvgIpc) is 2.95. The van der Waals surface area contributed by atoms with Crippen LogP contribution in [0.2, 0.25) is 0 Å². The van der Waals surface area contributed by atoms with Gasteiger partial charge in [0.1, 0.15) is 5.76 Å². The Morgan fingerprint density at radius 3 is 2.86 bits per heavy atom. The van der Waals surface area contributed by atoms with E-state index >= 15 is 0 Å². The van der Waals surface area contributed by atoms with Gasteiger partial charge in [0.05, 0.1) is 12.8 Å². The van der Waals surface area contributed by atoms with Crippen LogP contribution in [0.3, 0.4) is 0 Å². The zero-order chi connectivity index (χ0) is 15.2. The molecule has 2 rings (SSSR count). The summed E-state index contributed by atoms with van der Waals surface area (Å²) >= 11 is 0.